The Kier molecular flexibility index (Phi) is 4.94. The van der Waals surface area contributed by atoms with Crippen molar-refractivity contribution in [3.8, 4) is 17.0 Å². The van der Waals surface area contributed by atoms with E-state index >= 15 is 0 Å². The van der Waals surface area contributed by atoms with Gasteiger partial charge in [-0.25, -0.2) is 9.78 Å². The summed E-state index contributed by atoms with van der Waals surface area (Å²) in [6.45, 7) is 0. The van der Waals surface area contributed by atoms with Gasteiger partial charge in [0.2, 0.25) is 0 Å². The van der Waals surface area contributed by atoms with Crippen LogP contribution in [0, 0.1) is 0 Å². The van der Waals surface area contributed by atoms with Gasteiger partial charge in [-0.2, -0.15) is 0 Å². The third-order valence-electron chi connectivity index (χ3n) is 3.76. The van der Waals surface area contributed by atoms with Crippen LogP contribution >= 0.6 is 0 Å². The Morgan fingerprint density at radius 1 is 1.00 bits per heavy atom. The highest BCUT2D eigenvalue weighted by molar-refractivity contribution is 6.07. The molecule has 0 spiro atoms. The first-order valence-corrected chi connectivity index (χ1v) is 7.83. The number of carboxylic acids is 1. The zero-order valence-corrected chi connectivity index (χ0v) is 14.0. The van der Waals surface area contributed by atoms with Gasteiger partial charge in [0, 0.05) is 5.56 Å². The number of ether oxygens (including phenoxy) is 1. The number of carboxylic acid groups (broad SMARTS) is 1. The molecule has 2 N–H and O–H groups in total. The van der Waals surface area contributed by atoms with Crippen molar-refractivity contribution >= 4 is 17.6 Å². The third-order valence-corrected chi connectivity index (χ3v) is 3.76. The van der Waals surface area contributed by atoms with Gasteiger partial charge in [-0.05, 0) is 30.3 Å². The molecule has 3 rings (SSSR count). The van der Waals surface area contributed by atoms with Gasteiger partial charge < -0.3 is 15.2 Å². The number of carbonyl (C=O) groups excluding carboxylic acids is 1. The fourth-order valence-electron chi connectivity index (χ4n) is 2.45. The third kappa shape index (κ3) is 3.70. The number of nitrogens with one attached hydrogen (secondary N) is 1. The van der Waals surface area contributed by atoms with Crippen molar-refractivity contribution in [2.75, 3.05) is 12.4 Å². The second kappa shape index (κ2) is 7.48. The summed E-state index contributed by atoms with van der Waals surface area (Å²) in [4.78, 5) is 28.3. The lowest BCUT2D eigenvalue weighted by atomic mass is 10.1. The molecule has 3 aromatic rings. The summed E-state index contributed by atoms with van der Waals surface area (Å²) in [7, 11) is 1.44. The molecule has 0 bridgehead atoms. The molecule has 0 aliphatic rings. The molecular formula is C20H16N2O4. The largest absolute Gasteiger partial charge is 0.497 e. The van der Waals surface area contributed by atoms with Crippen LogP contribution in [0.4, 0.5) is 5.69 Å². The SMILES string of the molecule is COc1ccc(NC(=O)c2cccc(-c3ccccc3)n2)c(C(=O)O)c1. The van der Waals surface area contributed by atoms with Crippen LogP contribution in [0.25, 0.3) is 11.3 Å². The first-order chi connectivity index (χ1) is 12.6. The minimum Gasteiger partial charge on any atom is -0.497 e. The summed E-state index contributed by atoms with van der Waals surface area (Å²) in [5.41, 5.74) is 1.86. The van der Waals surface area contributed by atoms with E-state index < -0.39 is 11.9 Å². The number of anilines is 1. The summed E-state index contributed by atoms with van der Waals surface area (Å²) in [6, 6.07) is 19.0. The van der Waals surface area contributed by atoms with Crippen molar-refractivity contribution in [3.63, 3.8) is 0 Å². The number of amides is 1. The number of pyridine rings is 1. The maximum atomic E-state index is 12.5. The highest BCUT2D eigenvalue weighted by Crippen LogP contribution is 2.23. The molecule has 6 nitrogen and oxygen atoms in total. The lowest BCUT2D eigenvalue weighted by Gasteiger charge is -2.10. The molecule has 0 fully saturated rings. The van der Waals surface area contributed by atoms with E-state index in [1.807, 2.05) is 36.4 Å². The van der Waals surface area contributed by atoms with E-state index in [9.17, 15) is 14.7 Å². The summed E-state index contributed by atoms with van der Waals surface area (Å²) in [5, 5.41) is 11.9. The highest BCUT2D eigenvalue weighted by atomic mass is 16.5. The lowest BCUT2D eigenvalue weighted by Crippen LogP contribution is -2.16. The second-order valence-electron chi connectivity index (χ2n) is 5.44. The van der Waals surface area contributed by atoms with E-state index in [4.69, 9.17) is 4.74 Å². The van der Waals surface area contributed by atoms with E-state index in [1.54, 1.807) is 18.2 Å². The van der Waals surface area contributed by atoms with Gasteiger partial charge in [-0.15, -0.1) is 0 Å². The van der Waals surface area contributed by atoms with Gasteiger partial charge in [0.15, 0.2) is 0 Å². The molecule has 0 aliphatic heterocycles. The topological polar surface area (TPSA) is 88.5 Å². The minimum absolute atomic E-state index is 0.0584. The van der Waals surface area contributed by atoms with Crippen molar-refractivity contribution in [1.82, 2.24) is 4.98 Å². The van der Waals surface area contributed by atoms with Crippen LogP contribution in [0.1, 0.15) is 20.8 Å². The number of benzene rings is 2. The van der Waals surface area contributed by atoms with Crippen LogP contribution in [0.3, 0.4) is 0 Å². The van der Waals surface area contributed by atoms with E-state index in [0.29, 0.717) is 11.4 Å². The maximum Gasteiger partial charge on any atom is 0.337 e. The van der Waals surface area contributed by atoms with Crippen LogP contribution in [0.15, 0.2) is 66.7 Å². The van der Waals surface area contributed by atoms with Gasteiger partial charge in [-0.3, -0.25) is 4.79 Å². The van der Waals surface area contributed by atoms with Crippen molar-refractivity contribution in [3.05, 3.63) is 78.0 Å². The zero-order valence-electron chi connectivity index (χ0n) is 14.0. The van der Waals surface area contributed by atoms with Crippen LogP contribution < -0.4 is 10.1 Å². The van der Waals surface area contributed by atoms with Gasteiger partial charge >= 0.3 is 5.97 Å². The zero-order chi connectivity index (χ0) is 18.5. The van der Waals surface area contributed by atoms with Crippen molar-refractivity contribution in [1.29, 1.82) is 0 Å². The number of hydrogen-bond donors (Lipinski definition) is 2. The van der Waals surface area contributed by atoms with Crippen molar-refractivity contribution in [2.24, 2.45) is 0 Å². The van der Waals surface area contributed by atoms with E-state index in [-0.39, 0.29) is 16.9 Å². The Balaban J connectivity index is 1.88. The summed E-state index contributed by atoms with van der Waals surface area (Å²) >= 11 is 0. The number of rotatable bonds is 5. The molecule has 0 radical (unpaired) electrons. The Morgan fingerprint density at radius 3 is 2.46 bits per heavy atom. The van der Waals surface area contributed by atoms with Gasteiger partial charge in [0.05, 0.1) is 24.1 Å². The summed E-state index contributed by atoms with van der Waals surface area (Å²) < 4.78 is 5.03. The Labute approximate surface area is 150 Å². The van der Waals surface area contributed by atoms with Gasteiger partial charge in [-0.1, -0.05) is 36.4 Å². The van der Waals surface area contributed by atoms with E-state index in [0.717, 1.165) is 5.56 Å². The number of aromatic nitrogens is 1. The average molecular weight is 348 g/mol. The molecule has 26 heavy (non-hydrogen) atoms. The quantitative estimate of drug-likeness (QED) is 0.734. The Hall–Kier alpha value is -3.67. The predicted molar refractivity (Wildman–Crippen MR) is 97.6 cm³/mol. The average Bonchev–Trinajstić information content (AvgIpc) is 2.69. The smallest absolute Gasteiger partial charge is 0.337 e. The Bertz CT molecular complexity index is 955. The van der Waals surface area contributed by atoms with Gasteiger partial charge in [0.1, 0.15) is 11.4 Å². The van der Waals surface area contributed by atoms with Crippen LogP contribution in [-0.4, -0.2) is 29.1 Å². The van der Waals surface area contributed by atoms with Crippen LogP contribution in [0.2, 0.25) is 0 Å². The fourth-order valence-corrected chi connectivity index (χ4v) is 2.45. The molecular weight excluding hydrogens is 332 g/mol. The standard InChI is InChI=1S/C20H16N2O4/c1-26-14-10-11-17(15(12-14)20(24)25)22-19(23)18-9-5-8-16(21-18)13-6-3-2-4-7-13/h2-12H,1H3,(H,22,23)(H,24,25). The second-order valence-corrected chi connectivity index (χ2v) is 5.44. The number of aromatic carboxylic acids is 1. The molecule has 1 amide bonds. The number of nitrogens with zero attached hydrogens (tertiary/aromatic N) is 1. The normalized spacial score (nSPS) is 10.2. The molecule has 0 atom stereocenters. The number of carbonyl (C=O) groups is 2. The van der Waals surface area contributed by atoms with E-state index in [2.05, 4.69) is 10.3 Å². The lowest BCUT2D eigenvalue weighted by molar-refractivity contribution is 0.0697. The fraction of sp³-hybridized carbons (Fsp3) is 0.0500. The molecule has 0 saturated carbocycles. The molecule has 0 aliphatic carbocycles. The monoisotopic (exact) mass is 348 g/mol. The maximum absolute atomic E-state index is 12.5. The van der Waals surface area contributed by atoms with Crippen molar-refractivity contribution in [2.45, 2.75) is 0 Å². The van der Waals surface area contributed by atoms with Crippen LogP contribution in [0.5, 0.6) is 5.75 Å². The Morgan fingerprint density at radius 2 is 1.77 bits per heavy atom. The molecule has 1 aromatic heterocycles. The minimum atomic E-state index is -1.16. The molecule has 0 unspecified atom stereocenters. The van der Waals surface area contributed by atoms with Gasteiger partial charge in [0.25, 0.3) is 5.91 Å². The van der Waals surface area contributed by atoms with E-state index in [1.165, 1.54) is 19.2 Å². The molecule has 6 heteroatoms. The van der Waals surface area contributed by atoms with Crippen molar-refractivity contribution < 1.29 is 19.4 Å². The number of hydrogen-bond acceptors (Lipinski definition) is 4. The predicted octanol–water partition coefficient (Wildman–Crippen LogP) is 3.71. The molecule has 2 aromatic carbocycles. The summed E-state index contributed by atoms with van der Waals surface area (Å²) in [6.07, 6.45) is 0. The first kappa shape index (κ1) is 17.2. The first-order valence-electron chi connectivity index (χ1n) is 7.83. The number of methoxy groups -OCH3 is 1. The summed E-state index contributed by atoms with van der Waals surface area (Å²) in [5.74, 6) is -1.26. The molecule has 130 valence electrons. The molecule has 0 saturated heterocycles. The van der Waals surface area contributed by atoms with Crippen LogP contribution in [-0.2, 0) is 0 Å². The highest BCUT2D eigenvalue weighted by Gasteiger charge is 2.16. The molecule has 1 heterocycles.